The lowest BCUT2D eigenvalue weighted by Crippen LogP contribution is -2.13. The highest BCUT2D eigenvalue weighted by Crippen LogP contribution is 2.28. The summed E-state index contributed by atoms with van der Waals surface area (Å²) in [5.41, 5.74) is 3.48. The summed E-state index contributed by atoms with van der Waals surface area (Å²) in [6.07, 6.45) is 0. The lowest BCUT2D eigenvalue weighted by Gasteiger charge is -2.07. The Morgan fingerprint density at radius 3 is 2.62 bits per heavy atom. The van der Waals surface area contributed by atoms with Crippen molar-refractivity contribution in [1.29, 1.82) is 0 Å². The maximum absolute atomic E-state index is 13.9. The highest BCUT2D eigenvalue weighted by Gasteiger charge is 2.14. The van der Waals surface area contributed by atoms with Crippen molar-refractivity contribution in [3.05, 3.63) is 83.7 Å². The highest BCUT2D eigenvalue weighted by atomic mass is 19.1. The molecule has 0 bridgehead atoms. The Bertz CT molecular complexity index is 1120. The SMILES string of the molecule is Cc1ccccc1C(=O)Nc1ccc2oc(-c3ccccc3F)nc2c1. The molecule has 4 rings (SSSR count). The summed E-state index contributed by atoms with van der Waals surface area (Å²) in [7, 11) is 0. The third-order valence-corrected chi connectivity index (χ3v) is 4.14. The summed E-state index contributed by atoms with van der Waals surface area (Å²) >= 11 is 0. The number of nitrogens with zero attached hydrogens (tertiary/aromatic N) is 1. The lowest BCUT2D eigenvalue weighted by molar-refractivity contribution is 0.102. The first-order chi connectivity index (χ1) is 12.6. The van der Waals surface area contributed by atoms with Crippen LogP contribution in [0.25, 0.3) is 22.6 Å². The Morgan fingerprint density at radius 1 is 1.04 bits per heavy atom. The van der Waals surface area contributed by atoms with Crippen molar-refractivity contribution in [3.63, 3.8) is 0 Å². The highest BCUT2D eigenvalue weighted by molar-refractivity contribution is 6.05. The van der Waals surface area contributed by atoms with E-state index in [1.807, 2.05) is 25.1 Å². The fourth-order valence-corrected chi connectivity index (χ4v) is 2.78. The Morgan fingerprint density at radius 2 is 1.81 bits per heavy atom. The van der Waals surface area contributed by atoms with Gasteiger partial charge in [0.15, 0.2) is 5.58 Å². The van der Waals surface area contributed by atoms with Crippen LogP contribution in [0.2, 0.25) is 0 Å². The molecule has 0 saturated carbocycles. The number of hydrogen-bond acceptors (Lipinski definition) is 3. The smallest absolute Gasteiger partial charge is 0.255 e. The van der Waals surface area contributed by atoms with Crippen LogP contribution in [-0.4, -0.2) is 10.9 Å². The van der Waals surface area contributed by atoms with Crippen LogP contribution in [0.1, 0.15) is 15.9 Å². The predicted molar refractivity (Wildman–Crippen MR) is 98.5 cm³/mol. The number of halogens is 1. The number of hydrogen-bond donors (Lipinski definition) is 1. The van der Waals surface area contributed by atoms with E-state index in [9.17, 15) is 9.18 Å². The van der Waals surface area contributed by atoms with Gasteiger partial charge in [0.05, 0.1) is 5.56 Å². The van der Waals surface area contributed by atoms with E-state index < -0.39 is 5.82 Å². The number of amides is 1. The van der Waals surface area contributed by atoms with Gasteiger partial charge in [-0.3, -0.25) is 4.79 Å². The molecule has 1 N–H and O–H groups in total. The quantitative estimate of drug-likeness (QED) is 0.555. The second kappa shape index (κ2) is 6.44. The van der Waals surface area contributed by atoms with Gasteiger partial charge in [-0.15, -0.1) is 0 Å². The van der Waals surface area contributed by atoms with E-state index >= 15 is 0 Å². The van der Waals surface area contributed by atoms with Crippen molar-refractivity contribution in [3.8, 4) is 11.5 Å². The first kappa shape index (κ1) is 16.0. The summed E-state index contributed by atoms with van der Waals surface area (Å²) in [6, 6.07) is 18.8. The van der Waals surface area contributed by atoms with Crippen molar-refractivity contribution in [2.75, 3.05) is 5.32 Å². The van der Waals surface area contributed by atoms with E-state index in [1.54, 1.807) is 42.5 Å². The second-order valence-corrected chi connectivity index (χ2v) is 5.95. The second-order valence-electron chi connectivity index (χ2n) is 5.95. The van der Waals surface area contributed by atoms with Gasteiger partial charge in [0.25, 0.3) is 5.91 Å². The topological polar surface area (TPSA) is 55.1 Å². The van der Waals surface area contributed by atoms with E-state index in [-0.39, 0.29) is 11.8 Å². The van der Waals surface area contributed by atoms with Crippen molar-refractivity contribution in [1.82, 2.24) is 4.98 Å². The van der Waals surface area contributed by atoms with Crippen LogP contribution in [0.5, 0.6) is 0 Å². The predicted octanol–water partition coefficient (Wildman–Crippen LogP) is 5.19. The molecule has 0 fully saturated rings. The molecule has 1 heterocycles. The van der Waals surface area contributed by atoms with Crippen LogP contribution < -0.4 is 5.32 Å². The minimum absolute atomic E-state index is 0.194. The number of carbonyl (C=O) groups excluding carboxylic acids is 1. The number of rotatable bonds is 3. The van der Waals surface area contributed by atoms with E-state index in [0.29, 0.717) is 27.9 Å². The van der Waals surface area contributed by atoms with Gasteiger partial charge in [0.1, 0.15) is 11.3 Å². The van der Waals surface area contributed by atoms with E-state index in [2.05, 4.69) is 10.3 Å². The molecule has 0 atom stereocenters. The molecule has 128 valence electrons. The monoisotopic (exact) mass is 346 g/mol. The molecule has 4 aromatic rings. The third-order valence-electron chi connectivity index (χ3n) is 4.14. The Labute approximate surface area is 149 Å². The summed E-state index contributed by atoms with van der Waals surface area (Å²) in [5.74, 6) is -0.382. The number of anilines is 1. The summed E-state index contributed by atoms with van der Waals surface area (Å²) < 4.78 is 19.6. The van der Waals surface area contributed by atoms with Crippen molar-refractivity contribution >= 4 is 22.7 Å². The minimum Gasteiger partial charge on any atom is -0.436 e. The van der Waals surface area contributed by atoms with Crippen molar-refractivity contribution in [2.24, 2.45) is 0 Å². The van der Waals surface area contributed by atoms with Crippen LogP contribution in [0.3, 0.4) is 0 Å². The van der Waals surface area contributed by atoms with Crippen LogP contribution in [0, 0.1) is 12.7 Å². The number of aryl methyl sites for hydroxylation is 1. The first-order valence-corrected chi connectivity index (χ1v) is 8.14. The molecule has 0 saturated heterocycles. The minimum atomic E-state index is -0.396. The van der Waals surface area contributed by atoms with E-state index in [0.717, 1.165) is 5.56 Å². The van der Waals surface area contributed by atoms with E-state index in [4.69, 9.17) is 4.42 Å². The molecule has 26 heavy (non-hydrogen) atoms. The number of benzene rings is 3. The lowest BCUT2D eigenvalue weighted by atomic mass is 10.1. The summed E-state index contributed by atoms with van der Waals surface area (Å²) in [6.45, 7) is 1.89. The molecular formula is C21H15FN2O2. The third kappa shape index (κ3) is 2.95. The first-order valence-electron chi connectivity index (χ1n) is 8.14. The molecule has 0 aliphatic rings. The molecule has 0 spiro atoms. The van der Waals surface area contributed by atoms with Gasteiger partial charge < -0.3 is 9.73 Å². The Balaban J connectivity index is 1.65. The molecule has 0 aliphatic carbocycles. The maximum Gasteiger partial charge on any atom is 0.255 e. The van der Waals surface area contributed by atoms with Crippen molar-refractivity contribution < 1.29 is 13.6 Å². The average Bonchev–Trinajstić information content (AvgIpc) is 3.05. The zero-order chi connectivity index (χ0) is 18.1. The molecule has 0 radical (unpaired) electrons. The van der Waals surface area contributed by atoms with Crippen LogP contribution >= 0.6 is 0 Å². The van der Waals surface area contributed by atoms with Crippen LogP contribution in [-0.2, 0) is 0 Å². The van der Waals surface area contributed by atoms with Crippen LogP contribution in [0.4, 0.5) is 10.1 Å². The molecule has 1 amide bonds. The van der Waals surface area contributed by atoms with Gasteiger partial charge in [-0.2, -0.15) is 0 Å². The molecule has 1 aromatic heterocycles. The number of nitrogens with one attached hydrogen (secondary N) is 1. The molecule has 0 aliphatic heterocycles. The zero-order valence-corrected chi connectivity index (χ0v) is 14.0. The number of aromatic nitrogens is 1. The molecular weight excluding hydrogens is 331 g/mol. The molecule has 5 heteroatoms. The van der Waals surface area contributed by atoms with Crippen LogP contribution in [0.15, 0.2) is 71.1 Å². The maximum atomic E-state index is 13.9. The molecule has 0 unspecified atom stereocenters. The van der Waals surface area contributed by atoms with Gasteiger partial charge in [0.2, 0.25) is 5.89 Å². The fourth-order valence-electron chi connectivity index (χ4n) is 2.78. The summed E-state index contributed by atoms with van der Waals surface area (Å²) in [4.78, 5) is 16.8. The van der Waals surface area contributed by atoms with Gasteiger partial charge in [-0.05, 0) is 48.9 Å². The largest absolute Gasteiger partial charge is 0.436 e. The Kier molecular flexibility index (Phi) is 3.97. The Hall–Kier alpha value is -3.47. The summed E-state index contributed by atoms with van der Waals surface area (Å²) in [5, 5.41) is 2.86. The fraction of sp³-hybridized carbons (Fsp3) is 0.0476. The van der Waals surface area contributed by atoms with E-state index in [1.165, 1.54) is 6.07 Å². The average molecular weight is 346 g/mol. The van der Waals surface area contributed by atoms with Gasteiger partial charge >= 0.3 is 0 Å². The van der Waals surface area contributed by atoms with Gasteiger partial charge in [-0.25, -0.2) is 9.37 Å². The normalized spacial score (nSPS) is 10.8. The molecule has 4 nitrogen and oxygen atoms in total. The number of carbonyl (C=O) groups is 1. The van der Waals surface area contributed by atoms with Gasteiger partial charge in [0, 0.05) is 11.3 Å². The number of fused-ring (bicyclic) bond motifs is 1. The molecule has 3 aromatic carbocycles. The number of oxazole rings is 1. The zero-order valence-electron chi connectivity index (χ0n) is 14.0. The van der Waals surface area contributed by atoms with Gasteiger partial charge in [-0.1, -0.05) is 30.3 Å². The standard InChI is InChI=1S/C21H15FN2O2/c1-13-6-2-3-7-15(13)20(25)23-14-10-11-19-18(12-14)24-21(26-19)16-8-4-5-9-17(16)22/h2-12H,1H3,(H,23,25). The van der Waals surface area contributed by atoms with Crippen molar-refractivity contribution in [2.45, 2.75) is 6.92 Å².